The van der Waals surface area contributed by atoms with E-state index in [0.717, 1.165) is 18.7 Å². The van der Waals surface area contributed by atoms with Crippen LogP contribution in [0.4, 0.5) is 5.82 Å². The Balaban J connectivity index is 1.57. The van der Waals surface area contributed by atoms with E-state index in [4.69, 9.17) is 10.3 Å². The van der Waals surface area contributed by atoms with Crippen LogP contribution < -0.4 is 5.73 Å². The first-order chi connectivity index (χ1) is 9.70. The van der Waals surface area contributed by atoms with Crippen LogP contribution in [0.15, 0.2) is 10.6 Å². The molecule has 20 heavy (non-hydrogen) atoms. The highest BCUT2D eigenvalue weighted by Crippen LogP contribution is 2.41. The van der Waals surface area contributed by atoms with Crippen molar-refractivity contribution in [3.63, 3.8) is 0 Å². The second-order valence-electron chi connectivity index (χ2n) is 5.88. The van der Waals surface area contributed by atoms with Gasteiger partial charge in [-0.05, 0) is 32.7 Å². The Morgan fingerprint density at radius 2 is 2.10 bits per heavy atom. The molecule has 0 radical (unpaired) electrons. The van der Waals surface area contributed by atoms with Crippen molar-refractivity contribution in [1.82, 2.24) is 25.2 Å². The molecule has 3 N–H and O–H groups in total. The summed E-state index contributed by atoms with van der Waals surface area (Å²) in [5.41, 5.74) is 6.27. The van der Waals surface area contributed by atoms with Gasteiger partial charge < -0.3 is 15.2 Å². The monoisotopic (exact) mass is 274 g/mol. The first kappa shape index (κ1) is 11.9. The Kier molecular flexibility index (Phi) is 2.56. The van der Waals surface area contributed by atoms with E-state index in [-0.39, 0.29) is 0 Å². The number of anilines is 1. The molecule has 4 heterocycles. The molecule has 2 saturated heterocycles. The van der Waals surface area contributed by atoms with E-state index in [1.807, 2.05) is 0 Å². The number of H-pyrrole nitrogens is 1. The van der Waals surface area contributed by atoms with Crippen molar-refractivity contribution in [2.45, 2.75) is 43.7 Å². The van der Waals surface area contributed by atoms with E-state index >= 15 is 0 Å². The molecule has 2 fully saturated rings. The molecule has 7 heteroatoms. The average molecular weight is 274 g/mol. The van der Waals surface area contributed by atoms with E-state index < -0.39 is 0 Å². The van der Waals surface area contributed by atoms with Crippen LogP contribution in [0, 0.1) is 0 Å². The lowest BCUT2D eigenvalue weighted by atomic mass is 9.90. The Morgan fingerprint density at radius 3 is 2.75 bits per heavy atom. The number of hydrogen-bond acceptors (Lipinski definition) is 6. The lowest BCUT2D eigenvalue weighted by Gasteiger charge is -2.34. The number of piperidine rings is 1. The van der Waals surface area contributed by atoms with E-state index in [0.29, 0.717) is 35.4 Å². The zero-order valence-electron chi connectivity index (χ0n) is 11.4. The molecule has 2 aliphatic rings. The average Bonchev–Trinajstić information content (AvgIpc) is 3.10. The lowest BCUT2D eigenvalue weighted by Crippen LogP contribution is -2.39. The summed E-state index contributed by atoms with van der Waals surface area (Å²) < 4.78 is 5.33. The van der Waals surface area contributed by atoms with Gasteiger partial charge in [0.2, 0.25) is 0 Å². The number of nitrogens with two attached hydrogens (primary N) is 1. The fraction of sp³-hybridized carbons (Fsp3) is 0.615. The molecule has 2 atom stereocenters. The molecule has 2 unspecified atom stereocenters. The summed E-state index contributed by atoms with van der Waals surface area (Å²) in [5, 5.41) is 10.8. The second-order valence-corrected chi connectivity index (χ2v) is 5.88. The Labute approximate surface area is 116 Å². The number of fused-ring (bicyclic) bond motifs is 2. The fourth-order valence-corrected chi connectivity index (χ4v) is 3.58. The minimum atomic E-state index is 0.404. The van der Waals surface area contributed by atoms with E-state index in [1.54, 1.807) is 6.07 Å². The molecule has 0 amide bonds. The van der Waals surface area contributed by atoms with Gasteiger partial charge in [0.1, 0.15) is 11.5 Å². The number of nitrogen functional groups attached to an aromatic ring is 1. The minimum absolute atomic E-state index is 0.404. The predicted molar refractivity (Wildman–Crippen MR) is 72.8 cm³/mol. The summed E-state index contributed by atoms with van der Waals surface area (Å²) in [6.45, 7) is 0. The van der Waals surface area contributed by atoms with Gasteiger partial charge in [0.15, 0.2) is 5.82 Å². The third-order valence-electron chi connectivity index (χ3n) is 4.73. The molecular weight excluding hydrogens is 256 g/mol. The molecule has 2 aromatic heterocycles. The third-order valence-corrected chi connectivity index (χ3v) is 4.73. The number of aromatic nitrogens is 4. The van der Waals surface area contributed by atoms with Crippen molar-refractivity contribution in [3.8, 4) is 11.6 Å². The first-order valence-electron chi connectivity index (χ1n) is 7.07. The van der Waals surface area contributed by atoms with Gasteiger partial charge in [-0.1, -0.05) is 5.16 Å². The standard InChI is InChI=1S/C13H18N6O/c1-19-8-2-3-9(19)5-7(4-8)12-15-13(20-18-12)10-6-11(14)17-16-10/h6-9H,2-5H2,1H3,(H3,14,16,17). The highest BCUT2D eigenvalue weighted by atomic mass is 16.5. The van der Waals surface area contributed by atoms with Crippen molar-refractivity contribution in [2.24, 2.45) is 0 Å². The molecule has 2 aliphatic heterocycles. The number of rotatable bonds is 2. The number of nitrogens with one attached hydrogen (secondary N) is 1. The number of aromatic amines is 1. The summed E-state index contributed by atoms with van der Waals surface area (Å²) in [6.07, 6.45) is 4.83. The Morgan fingerprint density at radius 1 is 1.35 bits per heavy atom. The zero-order chi connectivity index (χ0) is 13.7. The smallest absolute Gasteiger partial charge is 0.276 e. The predicted octanol–water partition coefficient (Wildman–Crippen LogP) is 1.38. The fourth-order valence-electron chi connectivity index (χ4n) is 3.58. The van der Waals surface area contributed by atoms with Crippen LogP contribution in [0.3, 0.4) is 0 Å². The quantitative estimate of drug-likeness (QED) is 0.858. The van der Waals surface area contributed by atoms with Gasteiger partial charge in [-0.15, -0.1) is 0 Å². The number of nitrogens with zero attached hydrogens (tertiary/aromatic N) is 4. The molecule has 0 aromatic carbocycles. The molecule has 4 rings (SSSR count). The van der Waals surface area contributed by atoms with Crippen LogP contribution in [-0.2, 0) is 0 Å². The molecule has 0 spiro atoms. The van der Waals surface area contributed by atoms with Gasteiger partial charge in [-0.25, -0.2) is 0 Å². The van der Waals surface area contributed by atoms with Gasteiger partial charge in [0.05, 0.1) is 0 Å². The summed E-state index contributed by atoms with van der Waals surface area (Å²) in [4.78, 5) is 7.02. The normalized spacial score (nSPS) is 29.9. The van der Waals surface area contributed by atoms with Crippen LogP contribution >= 0.6 is 0 Å². The first-order valence-corrected chi connectivity index (χ1v) is 7.07. The highest BCUT2D eigenvalue weighted by molar-refractivity contribution is 5.51. The summed E-state index contributed by atoms with van der Waals surface area (Å²) >= 11 is 0. The van der Waals surface area contributed by atoms with Crippen molar-refractivity contribution >= 4 is 5.82 Å². The molecule has 2 aromatic rings. The van der Waals surface area contributed by atoms with Gasteiger partial charge in [0, 0.05) is 24.1 Å². The molecule has 106 valence electrons. The maximum absolute atomic E-state index is 5.59. The van der Waals surface area contributed by atoms with Crippen LogP contribution in [0.25, 0.3) is 11.6 Å². The van der Waals surface area contributed by atoms with Crippen molar-refractivity contribution in [2.75, 3.05) is 12.8 Å². The van der Waals surface area contributed by atoms with Crippen molar-refractivity contribution < 1.29 is 4.52 Å². The minimum Gasteiger partial charge on any atom is -0.382 e. The summed E-state index contributed by atoms with van der Waals surface area (Å²) in [5.74, 6) is 2.12. The summed E-state index contributed by atoms with van der Waals surface area (Å²) in [6, 6.07) is 3.04. The largest absolute Gasteiger partial charge is 0.382 e. The topological polar surface area (TPSA) is 96.9 Å². The van der Waals surface area contributed by atoms with Crippen LogP contribution in [0.1, 0.15) is 37.4 Å². The van der Waals surface area contributed by atoms with Crippen molar-refractivity contribution in [3.05, 3.63) is 11.9 Å². The maximum atomic E-state index is 5.59. The zero-order valence-corrected chi connectivity index (χ0v) is 11.4. The molecule has 2 bridgehead atoms. The van der Waals surface area contributed by atoms with Crippen LogP contribution in [0.5, 0.6) is 0 Å². The summed E-state index contributed by atoms with van der Waals surface area (Å²) in [7, 11) is 2.23. The van der Waals surface area contributed by atoms with Crippen LogP contribution in [-0.4, -0.2) is 44.4 Å². The van der Waals surface area contributed by atoms with Gasteiger partial charge in [-0.2, -0.15) is 10.1 Å². The second kappa shape index (κ2) is 4.31. The van der Waals surface area contributed by atoms with Gasteiger partial charge in [0.25, 0.3) is 5.89 Å². The van der Waals surface area contributed by atoms with Crippen LogP contribution in [0.2, 0.25) is 0 Å². The van der Waals surface area contributed by atoms with Crippen molar-refractivity contribution in [1.29, 1.82) is 0 Å². The molecule has 0 saturated carbocycles. The van der Waals surface area contributed by atoms with E-state index in [2.05, 4.69) is 32.3 Å². The third kappa shape index (κ3) is 1.81. The molecule has 0 aliphatic carbocycles. The van der Waals surface area contributed by atoms with Gasteiger partial charge in [-0.3, -0.25) is 5.10 Å². The molecule has 7 nitrogen and oxygen atoms in total. The van der Waals surface area contributed by atoms with Gasteiger partial charge >= 0.3 is 0 Å². The lowest BCUT2D eigenvalue weighted by molar-refractivity contribution is 0.157. The highest BCUT2D eigenvalue weighted by Gasteiger charge is 2.40. The Bertz CT molecular complexity index is 606. The van der Waals surface area contributed by atoms with E-state index in [1.165, 1.54) is 12.8 Å². The SMILES string of the molecule is CN1C2CCC1CC(c1noc(-c3cc(N)n[nH]3)n1)C2. The maximum Gasteiger partial charge on any atom is 0.276 e. The van der Waals surface area contributed by atoms with E-state index in [9.17, 15) is 0 Å². The Hall–Kier alpha value is -1.89. The number of hydrogen-bond donors (Lipinski definition) is 2. The molecular formula is C13H18N6O.